The maximum Gasteiger partial charge on any atom is 0.326 e. The highest BCUT2D eigenvalue weighted by Crippen LogP contribution is 2.29. The molecule has 2 heterocycles. The molecule has 0 spiro atoms. The van der Waals surface area contributed by atoms with Crippen molar-refractivity contribution in [2.75, 3.05) is 16.4 Å². The van der Waals surface area contributed by atoms with Crippen LogP contribution < -0.4 is 16.4 Å². The number of nitrogens with two attached hydrogens (primary N) is 1. The van der Waals surface area contributed by atoms with E-state index < -0.39 is 11.8 Å². The lowest BCUT2D eigenvalue weighted by Gasteiger charge is -2.08. The van der Waals surface area contributed by atoms with Crippen LogP contribution in [0.1, 0.15) is 5.56 Å². The van der Waals surface area contributed by atoms with Gasteiger partial charge in [0, 0.05) is 5.56 Å². The summed E-state index contributed by atoms with van der Waals surface area (Å²) in [5, 5.41) is 20.3. The number of aromatic amines is 1. The number of nitrogens with one attached hydrogen (secondary N) is 3. The maximum atomic E-state index is 13.7. The highest BCUT2D eigenvalue weighted by molar-refractivity contribution is 6.01. The first-order valence-corrected chi connectivity index (χ1v) is 8.28. The number of hydrogen-bond acceptors (Lipinski definition) is 6. The highest BCUT2D eigenvalue weighted by Gasteiger charge is 2.13. The molecule has 28 heavy (non-hydrogen) atoms. The molecular weight excluding hydrogens is 363 g/mol. The molecule has 0 bridgehead atoms. The van der Waals surface area contributed by atoms with E-state index in [1.165, 1.54) is 18.3 Å². The zero-order chi connectivity index (χ0) is 19.7. The number of carbonyl (C=O) groups excluding carboxylic acids is 1. The van der Waals surface area contributed by atoms with Crippen LogP contribution in [-0.2, 0) is 0 Å². The molecule has 5 N–H and O–H groups in total. The molecule has 0 fully saturated rings. The summed E-state index contributed by atoms with van der Waals surface area (Å²) in [6, 6.07) is 9.21. The Morgan fingerprint density at radius 2 is 2.04 bits per heavy atom. The second-order valence-electron chi connectivity index (χ2n) is 6.07. The smallest absolute Gasteiger partial charge is 0.326 e. The fourth-order valence-electron chi connectivity index (χ4n) is 2.76. The van der Waals surface area contributed by atoms with Crippen molar-refractivity contribution in [3.05, 3.63) is 54.0 Å². The van der Waals surface area contributed by atoms with E-state index in [4.69, 9.17) is 5.73 Å². The van der Waals surface area contributed by atoms with Crippen LogP contribution >= 0.6 is 0 Å². The summed E-state index contributed by atoms with van der Waals surface area (Å²) in [5.41, 5.74) is 8.71. The molecular formula is C18H15FN8O. The van der Waals surface area contributed by atoms with Gasteiger partial charge < -0.3 is 11.1 Å². The van der Waals surface area contributed by atoms with Gasteiger partial charge in [0.1, 0.15) is 11.5 Å². The minimum Gasteiger partial charge on any atom is -0.382 e. The zero-order valence-electron chi connectivity index (χ0n) is 14.7. The molecule has 0 atom stereocenters. The molecule has 140 valence electrons. The van der Waals surface area contributed by atoms with Crippen LogP contribution in [0.15, 0.2) is 42.6 Å². The summed E-state index contributed by atoms with van der Waals surface area (Å²) in [5.74, 6) is -0.225. The summed E-state index contributed by atoms with van der Waals surface area (Å²) in [6.07, 6.45) is 1.46. The Hall–Kier alpha value is -4.08. The first-order chi connectivity index (χ1) is 13.5. The number of aromatic nitrogens is 5. The van der Waals surface area contributed by atoms with E-state index in [0.29, 0.717) is 22.5 Å². The number of nitrogens with zero attached hydrogens (tertiary/aromatic N) is 4. The van der Waals surface area contributed by atoms with Crippen LogP contribution in [0, 0.1) is 12.7 Å². The number of amides is 2. The fraction of sp³-hybridized carbons (Fsp3) is 0.0556. The Morgan fingerprint density at radius 3 is 2.82 bits per heavy atom. The second-order valence-corrected chi connectivity index (χ2v) is 6.07. The summed E-state index contributed by atoms with van der Waals surface area (Å²) >= 11 is 0. The largest absolute Gasteiger partial charge is 0.382 e. The average molecular weight is 378 g/mol. The second kappa shape index (κ2) is 6.91. The van der Waals surface area contributed by atoms with Crippen LogP contribution in [0.25, 0.3) is 22.2 Å². The van der Waals surface area contributed by atoms with Crippen LogP contribution in [-0.4, -0.2) is 31.4 Å². The topological polar surface area (TPSA) is 134 Å². The molecule has 2 aromatic heterocycles. The number of hydrogen-bond donors (Lipinski definition) is 4. The monoisotopic (exact) mass is 378 g/mol. The highest BCUT2D eigenvalue weighted by atomic mass is 19.1. The van der Waals surface area contributed by atoms with Gasteiger partial charge in [0.15, 0.2) is 5.82 Å². The molecule has 0 aliphatic heterocycles. The van der Waals surface area contributed by atoms with Gasteiger partial charge in [-0.1, -0.05) is 18.2 Å². The molecule has 0 saturated heterocycles. The Balaban J connectivity index is 1.52. The molecule has 2 aromatic carbocycles. The number of H-pyrrole nitrogens is 1. The number of fused-ring (bicyclic) bond motifs is 1. The molecule has 0 aliphatic rings. The standard InChI is InChI=1S/C18H15FN8O/c1-9-5-6-11(19)13(7-9)22-18(28)23-17-21-8-14(25-27-17)10-3-2-4-12-15(10)16(20)26-24-12/h2-8H,1H3,(H3,20,24,26)(H2,21,22,23,27,28). The average Bonchev–Trinajstić information content (AvgIpc) is 3.07. The lowest BCUT2D eigenvalue weighted by molar-refractivity contribution is 0.262. The molecule has 0 radical (unpaired) electrons. The van der Waals surface area contributed by atoms with Crippen molar-refractivity contribution in [3.63, 3.8) is 0 Å². The third-order valence-corrected chi connectivity index (χ3v) is 4.05. The number of benzene rings is 2. The van der Waals surface area contributed by atoms with Gasteiger partial charge in [-0.3, -0.25) is 10.4 Å². The maximum absolute atomic E-state index is 13.7. The van der Waals surface area contributed by atoms with Gasteiger partial charge in [-0.25, -0.2) is 14.2 Å². The first-order valence-electron chi connectivity index (χ1n) is 8.28. The van der Waals surface area contributed by atoms with Crippen LogP contribution in [0.3, 0.4) is 0 Å². The van der Waals surface area contributed by atoms with Crippen molar-refractivity contribution in [2.24, 2.45) is 0 Å². The van der Waals surface area contributed by atoms with Crippen molar-refractivity contribution in [1.29, 1.82) is 0 Å². The number of aryl methyl sites for hydroxylation is 1. The van der Waals surface area contributed by atoms with E-state index in [1.807, 2.05) is 18.2 Å². The minimum absolute atomic E-state index is 0.0262. The van der Waals surface area contributed by atoms with E-state index >= 15 is 0 Å². The Labute approximate surface area is 158 Å². The van der Waals surface area contributed by atoms with Gasteiger partial charge in [-0.05, 0) is 30.7 Å². The predicted molar refractivity (Wildman–Crippen MR) is 103 cm³/mol. The third-order valence-electron chi connectivity index (χ3n) is 4.05. The van der Waals surface area contributed by atoms with Crippen molar-refractivity contribution >= 4 is 34.4 Å². The lowest BCUT2D eigenvalue weighted by Crippen LogP contribution is -2.21. The number of anilines is 3. The van der Waals surface area contributed by atoms with Gasteiger partial charge in [0.2, 0.25) is 0 Å². The summed E-state index contributed by atoms with van der Waals surface area (Å²) in [7, 11) is 0. The SMILES string of the molecule is Cc1ccc(F)c(NC(=O)Nc2ncc(-c3cccc4[nH]nc(N)c34)nn2)c1. The van der Waals surface area contributed by atoms with Gasteiger partial charge in [0.25, 0.3) is 5.95 Å². The minimum atomic E-state index is -0.680. The quantitative estimate of drug-likeness (QED) is 0.433. The van der Waals surface area contributed by atoms with Crippen molar-refractivity contribution < 1.29 is 9.18 Å². The predicted octanol–water partition coefficient (Wildman–Crippen LogP) is 3.09. The molecule has 0 unspecified atom stereocenters. The fourth-order valence-corrected chi connectivity index (χ4v) is 2.76. The van der Waals surface area contributed by atoms with E-state index in [0.717, 1.165) is 11.1 Å². The molecule has 10 heteroatoms. The number of nitrogen functional groups attached to an aromatic ring is 1. The van der Waals surface area contributed by atoms with Crippen LogP contribution in [0.4, 0.5) is 26.6 Å². The van der Waals surface area contributed by atoms with Gasteiger partial charge >= 0.3 is 6.03 Å². The number of carbonyl (C=O) groups is 1. The zero-order valence-corrected chi connectivity index (χ0v) is 14.7. The molecule has 0 saturated carbocycles. The van der Waals surface area contributed by atoms with Crippen molar-refractivity contribution in [2.45, 2.75) is 6.92 Å². The molecule has 4 rings (SSSR count). The molecule has 2 amide bonds. The molecule has 4 aromatic rings. The molecule has 0 aliphatic carbocycles. The Kier molecular flexibility index (Phi) is 4.28. The summed E-state index contributed by atoms with van der Waals surface area (Å²) in [4.78, 5) is 16.1. The van der Waals surface area contributed by atoms with Crippen LogP contribution in [0.5, 0.6) is 0 Å². The number of halogens is 1. The van der Waals surface area contributed by atoms with Gasteiger partial charge in [-0.2, -0.15) is 5.10 Å². The first kappa shape index (κ1) is 17.3. The lowest BCUT2D eigenvalue weighted by atomic mass is 10.1. The van der Waals surface area contributed by atoms with Gasteiger partial charge in [-0.15, -0.1) is 10.2 Å². The summed E-state index contributed by atoms with van der Waals surface area (Å²) in [6.45, 7) is 1.79. The number of rotatable bonds is 3. The normalized spacial score (nSPS) is 10.8. The van der Waals surface area contributed by atoms with Gasteiger partial charge in [0.05, 0.1) is 22.8 Å². The van der Waals surface area contributed by atoms with E-state index in [9.17, 15) is 9.18 Å². The van der Waals surface area contributed by atoms with E-state index in [1.54, 1.807) is 13.0 Å². The van der Waals surface area contributed by atoms with Crippen molar-refractivity contribution in [3.8, 4) is 11.3 Å². The number of urea groups is 1. The third kappa shape index (κ3) is 3.30. The van der Waals surface area contributed by atoms with E-state index in [-0.39, 0.29) is 11.6 Å². The summed E-state index contributed by atoms with van der Waals surface area (Å²) < 4.78 is 13.7. The van der Waals surface area contributed by atoms with Crippen LogP contribution in [0.2, 0.25) is 0 Å². The van der Waals surface area contributed by atoms with Crippen molar-refractivity contribution in [1.82, 2.24) is 25.4 Å². The Morgan fingerprint density at radius 1 is 1.18 bits per heavy atom. The van der Waals surface area contributed by atoms with E-state index in [2.05, 4.69) is 36.0 Å². The Bertz CT molecular complexity index is 1170. The molecule has 9 nitrogen and oxygen atoms in total.